The largest absolute Gasteiger partial charge is 0.351 e. The van der Waals surface area contributed by atoms with Gasteiger partial charge in [-0.25, -0.2) is 4.39 Å². The zero-order valence-corrected chi connectivity index (χ0v) is 11.3. The number of aromatic nitrogens is 1. The summed E-state index contributed by atoms with van der Waals surface area (Å²) in [6.07, 6.45) is 0. The lowest BCUT2D eigenvalue weighted by atomic mass is 10.2. The molecule has 1 aromatic carbocycles. The fourth-order valence-corrected chi connectivity index (χ4v) is 1.97. The molecule has 19 heavy (non-hydrogen) atoms. The van der Waals surface area contributed by atoms with E-state index in [9.17, 15) is 9.18 Å². The van der Waals surface area contributed by atoms with Crippen molar-refractivity contribution in [3.8, 4) is 0 Å². The lowest BCUT2D eigenvalue weighted by Gasteiger charge is -2.06. The Hall–Kier alpha value is -2.10. The first-order valence-electron chi connectivity index (χ1n) is 6.14. The van der Waals surface area contributed by atoms with Crippen LogP contribution < -0.4 is 5.32 Å². The molecule has 0 unspecified atom stereocenters. The number of nitrogens with zero attached hydrogens (tertiary/aromatic N) is 1. The Balaban J connectivity index is 2.05. The van der Waals surface area contributed by atoms with Gasteiger partial charge >= 0.3 is 0 Å². The Morgan fingerprint density at radius 2 is 1.89 bits per heavy atom. The quantitative estimate of drug-likeness (QED) is 0.904. The fraction of sp³-hybridized carbons (Fsp3) is 0.267. The summed E-state index contributed by atoms with van der Waals surface area (Å²) in [5.41, 5.74) is 3.54. The number of benzene rings is 1. The van der Waals surface area contributed by atoms with E-state index in [1.165, 1.54) is 12.1 Å². The number of carbonyl (C=O) groups excluding carboxylic acids is 1. The number of halogens is 1. The molecule has 1 amide bonds. The van der Waals surface area contributed by atoms with E-state index in [-0.39, 0.29) is 11.7 Å². The van der Waals surface area contributed by atoms with E-state index in [1.54, 1.807) is 12.1 Å². The van der Waals surface area contributed by atoms with Crippen molar-refractivity contribution >= 4 is 5.91 Å². The van der Waals surface area contributed by atoms with E-state index in [0.29, 0.717) is 12.1 Å². The van der Waals surface area contributed by atoms with Crippen LogP contribution in [0, 0.1) is 19.7 Å². The van der Waals surface area contributed by atoms with E-state index < -0.39 is 0 Å². The molecule has 1 aromatic heterocycles. The highest BCUT2D eigenvalue weighted by atomic mass is 19.1. The monoisotopic (exact) mass is 260 g/mol. The highest BCUT2D eigenvalue weighted by molar-refractivity contribution is 5.95. The van der Waals surface area contributed by atoms with Crippen molar-refractivity contribution in [1.82, 2.24) is 9.88 Å². The van der Waals surface area contributed by atoms with Gasteiger partial charge < -0.3 is 9.88 Å². The second kappa shape index (κ2) is 5.26. The summed E-state index contributed by atoms with van der Waals surface area (Å²) >= 11 is 0. The molecule has 2 aromatic rings. The number of hydrogen-bond donors (Lipinski definition) is 1. The van der Waals surface area contributed by atoms with Gasteiger partial charge in [-0.3, -0.25) is 4.79 Å². The van der Waals surface area contributed by atoms with Gasteiger partial charge in [0, 0.05) is 25.0 Å². The van der Waals surface area contributed by atoms with Crippen LogP contribution in [0.1, 0.15) is 27.3 Å². The summed E-state index contributed by atoms with van der Waals surface area (Å²) < 4.78 is 14.7. The van der Waals surface area contributed by atoms with E-state index in [0.717, 1.165) is 17.0 Å². The number of amides is 1. The van der Waals surface area contributed by atoms with E-state index >= 15 is 0 Å². The molecular formula is C15H17FN2O. The van der Waals surface area contributed by atoms with Gasteiger partial charge in [-0.2, -0.15) is 0 Å². The molecule has 100 valence electrons. The highest BCUT2D eigenvalue weighted by Crippen LogP contribution is 2.13. The minimum atomic E-state index is -0.274. The minimum absolute atomic E-state index is 0.106. The molecule has 0 aliphatic rings. The van der Waals surface area contributed by atoms with Crippen molar-refractivity contribution in [2.24, 2.45) is 7.05 Å². The lowest BCUT2D eigenvalue weighted by Crippen LogP contribution is -2.23. The molecule has 0 aliphatic carbocycles. The van der Waals surface area contributed by atoms with Crippen molar-refractivity contribution in [2.45, 2.75) is 20.4 Å². The first-order valence-corrected chi connectivity index (χ1v) is 6.14. The molecule has 0 bridgehead atoms. The zero-order chi connectivity index (χ0) is 14.0. The number of aryl methyl sites for hydroxylation is 1. The van der Waals surface area contributed by atoms with Gasteiger partial charge in [0.15, 0.2) is 0 Å². The molecule has 0 fully saturated rings. The summed E-state index contributed by atoms with van der Waals surface area (Å²) in [6.45, 7) is 4.27. The summed E-state index contributed by atoms with van der Waals surface area (Å²) in [6, 6.07) is 7.98. The van der Waals surface area contributed by atoms with Crippen molar-refractivity contribution in [3.05, 3.63) is 58.7 Å². The van der Waals surface area contributed by atoms with Crippen LogP contribution in [0.3, 0.4) is 0 Å². The SMILES string of the molecule is Cc1cc(C(=O)NCc2ccc(F)cc2)c(C)n1C. The predicted molar refractivity (Wildman–Crippen MR) is 72.5 cm³/mol. The maximum atomic E-state index is 12.8. The molecule has 2 rings (SSSR count). The summed E-state index contributed by atoms with van der Waals surface area (Å²) in [5, 5.41) is 2.84. The van der Waals surface area contributed by atoms with E-state index in [4.69, 9.17) is 0 Å². The van der Waals surface area contributed by atoms with Crippen molar-refractivity contribution in [2.75, 3.05) is 0 Å². The molecule has 0 saturated heterocycles. The van der Waals surface area contributed by atoms with Gasteiger partial charge in [0.1, 0.15) is 5.82 Å². The minimum Gasteiger partial charge on any atom is -0.351 e. The highest BCUT2D eigenvalue weighted by Gasteiger charge is 2.13. The number of carbonyl (C=O) groups is 1. The third-order valence-corrected chi connectivity index (χ3v) is 3.39. The van der Waals surface area contributed by atoms with Crippen molar-refractivity contribution in [1.29, 1.82) is 0 Å². The Bertz CT molecular complexity index is 599. The van der Waals surface area contributed by atoms with Crippen LogP contribution in [0.5, 0.6) is 0 Å². The molecule has 3 nitrogen and oxygen atoms in total. The Morgan fingerprint density at radius 1 is 1.26 bits per heavy atom. The van der Waals surface area contributed by atoms with Gasteiger partial charge in [-0.1, -0.05) is 12.1 Å². The van der Waals surface area contributed by atoms with Crippen LogP contribution in [0.4, 0.5) is 4.39 Å². The molecule has 4 heteroatoms. The number of nitrogens with one attached hydrogen (secondary N) is 1. The average molecular weight is 260 g/mol. The average Bonchev–Trinajstić information content (AvgIpc) is 2.65. The lowest BCUT2D eigenvalue weighted by molar-refractivity contribution is 0.0950. The maximum Gasteiger partial charge on any atom is 0.253 e. The fourth-order valence-electron chi connectivity index (χ4n) is 1.97. The van der Waals surface area contributed by atoms with Crippen molar-refractivity contribution < 1.29 is 9.18 Å². The zero-order valence-electron chi connectivity index (χ0n) is 11.3. The third kappa shape index (κ3) is 2.84. The van der Waals surface area contributed by atoms with Crippen LogP contribution in [-0.2, 0) is 13.6 Å². The standard InChI is InChI=1S/C15H17FN2O/c1-10-8-14(11(2)18(10)3)15(19)17-9-12-4-6-13(16)7-5-12/h4-8H,9H2,1-3H3,(H,17,19). The normalized spacial score (nSPS) is 10.5. The summed E-state index contributed by atoms with van der Waals surface area (Å²) in [5.74, 6) is -0.380. The molecule has 0 radical (unpaired) electrons. The first kappa shape index (κ1) is 13.3. The molecule has 1 heterocycles. The molecule has 0 saturated carbocycles. The van der Waals surface area contributed by atoms with Gasteiger partial charge in [0.2, 0.25) is 0 Å². The van der Waals surface area contributed by atoms with Crippen LogP contribution in [0.2, 0.25) is 0 Å². The number of hydrogen-bond acceptors (Lipinski definition) is 1. The van der Waals surface area contributed by atoms with E-state index in [1.807, 2.05) is 31.5 Å². The van der Waals surface area contributed by atoms with Crippen LogP contribution >= 0.6 is 0 Å². The molecule has 0 atom stereocenters. The van der Waals surface area contributed by atoms with Gasteiger partial charge in [-0.05, 0) is 37.6 Å². The molecule has 0 spiro atoms. The first-order chi connectivity index (χ1) is 8.99. The Kier molecular flexibility index (Phi) is 3.69. The molecular weight excluding hydrogens is 243 g/mol. The van der Waals surface area contributed by atoms with Crippen LogP contribution in [-0.4, -0.2) is 10.5 Å². The number of rotatable bonds is 3. The topological polar surface area (TPSA) is 34.0 Å². The van der Waals surface area contributed by atoms with Gasteiger partial charge in [0.05, 0.1) is 5.56 Å². The van der Waals surface area contributed by atoms with Crippen LogP contribution in [0.15, 0.2) is 30.3 Å². The third-order valence-electron chi connectivity index (χ3n) is 3.39. The molecule has 0 aliphatic heterocycles. The van der Waals surface area contributed by atoms with Crippen LogP contribution in [0.25, 0.3) is 0 Å². The Morgan fingerprint density at radius 3 is 2.42 bits per heavy atom. The second-order valence-corrected chi connectivity index (χ2v) is 4.65. The predicted octanol–water partition coefficient (Wildman–Crippen LogP) is 2.71. The second-order valence-electron chi connectivity index (χ2n) is 4.65. The maximum absolute atomic E-state index is 12.8. The van der Waals surface area contributed by atoms with E-state index in [2.05, 4.69) is 5.32 Å². The molecule has 1 N–H and O–H groups in total. The Labute approximate surface area is 112 Å². The summed E-state index contributed by atoms with van der Waals surface area (Å²) in [7, 11) is 1.93. The van der Waals surface area contributed by atoms with Gasteiger partial charge in [-0.15, -0.1) is 0 Å². The van der Waals surface area contributed by atoms with Crippen molar-refractivity contribution in [3.63, 3.8) is 0 Å². The van der Waals surface area contributed by atoms with Gasteiger partial charge in [0.25, 0.3) is 5.91 Å². The smallest absolute Gasteiger partial charge is 0.253 e. The summed E-state index contributed by atoms with van der Waals surface area (Å²) in [4.78, 5) is 12.1.